The Bertz CT molecular complexity index is 709. The van der Waals surface area contributed by atoms with Gasteiger partial charge in [0.15, 0.2) is 11.7 Å². The molecule has 0 unspecified atom stereocenters. The van der Waals surface area contributed by atoms with Gasteiger partial charge in [-0.05, 0) is 42.9 Å². The average molecular weight is 333 g/mol. The highest BCUT2D eigenvalue weighted by Crippen LogP contribution is 2.13. The Morgan fingerprint density at radius 3 is 2.70 bits per heavy atom. The number of hydrazine groups is 1. The molecule has 0 fully saturated rings. The largest absolute Gasteiger partial charge is 0.484 e. The molecular formula is C16H16FN3O2S. The quantitative estimate of drug-likeness (QED) is 0.593. The molecule has 7 heteroatoms. The number of benzene rings is 2. The number of anilines is 1. The molecule has 0 saturated heterocycles. The van der Waals surface area contributed by atoms with Gasteiger partial charge in [0.1, 0.15) is 11.6 Å². The molecule has 0 radical (unpaired) electrons. The van der Waals surface area contributed by atoms with Crippen LogP contribution < -0.4 is 20.9 Å². The van der Waals surface area contributed by atoms with E-state index in [4.69, 9.17) is 17.0 Å². The Morgan fingerprint density at radius 1 is 1.17 bits per heavy atom. The molecule has 2 rings (SSSR count). The predicted molar refractivity (Wildman–Crippen MR) is 90.6 cm³/mol. The van der Waals surface area contributed by atoms with Gasteiger partial charge < -0.3 is 10.1 Å². The molecule has 0 aliphatic rings. The lowest BCUT2D eigenvalue weighted by Gasteiger charge is -2.13. The number of carbonyl (C=O) groups is 1. The number of halogens is 1. The zero-order chi connectivity index (χ0) is 16.7. The van der Waals surface area contributed by atoms with Crippen molar-refractivity contribution in [3.8, 4) is 5.75 Å². The maximum atomic E-state index is 13.0. The number of hydrogen-bond acceptors (Lipinski definition) is 3. The summed E-state index contributed by atoms with van der Waals surface area (Å²) in [5.74, 6) is -0.589. The van der Waals surface area contributed by atoms with Crippen molar-refractivity contribution in [1.29, 1.82) is 0 Å². The summed E-state index contributed by atoms with van der Waals surface area (Å²) in [7, 11) is 0. The van der Waals surface area contributed by atoms with Crippen LogP contribution in [0, 0.1) is 12.7 Å². The van der Waals surface area contributed by atoms with Gasteiger partial charge in [0.2, 0.25) is 0 Å². The third-order valence-electron chi connectivity index (χ3n) is 2.87. The maximum Gasteiger partial charge on any atom is 0.276 e. The summed E-state index contributed by atoms with van der Waals surface area (Å²) in [6.45, 7) is 1.68. The van der Waals surface area contributed by atoms with Gasteiger partial charge in [0, 0.05) is 11.8 Å². The van der Waals surface area contributed by atoms with Crippen molar-refractivity contribution in [2.45, 2.75) is 6.92 Å². The van der Waals surface area contributed by atoms with Crippen molar-refractivity contribution < 1.29 is 13.9 Å². The Balaban J connectivity index is 1.74. The molecule has 0 bridgehead atoms. The number of thiocarbonyl (C=S) groups is 1. The molecule has 23 heavy (non-hydrogen) atoms. The van der Waals surface area contributed by atoms with Crippen LogP contribution in [0.25, 0.3) is 0 Å². The van der Waals surface area contributed by atoms with Crippen molar-refractivity contribution in [1.82, 2.24) is 10.9 Å². The summed E-state index contributed by atoms with van der Waals surface area (Å²) < 4.78 is 18.1. The number of carbonyl (C=O) groups excluding carboxylic acids is 1. The topological polar surface area (TPSA) is 62.4 Å². The van der Waals surface area contributed by atoms with Crippen LogP contribution in [0.2, 0.25) is 0 Å². The second kappa shape index (κ2) is 8.09. The third-order valence-corrected chi connectivity index (χ3v) is 3.08. The van der Waals surface area contributed by atoms with Crippen LogP contribution in [0.15, 0.2) is 48.5 Å². The monoisotopic (exact) mass is 333 g/mol. The van der Waals surface area contributed by atoms with Crippen molar-refractivity contribution in [2.24, 2.45) is 0 Å². The van der Waals surface area contributed by atoms with E-state index in [1.807, 2.05) is 31.2 Å². The van der Waals surface area contributed by atoms with E-state index >= 15 is 0 Å². The second-order valence-electron chi connectivity index (χ2n) is 4.69. The fraction of sp³-hybridized carbons (Fsp3) is 0.125. The minimum absolute atomic E-state index is 0.249. The molecule has 2 aromatic carbocycles. The van der Waals surface area contributed by atoms with Crippen LogP contribution >= 0.6 is 12.2 Å². The lowest BCUT2D eigenvalue weighted by Crippen LogP contribution is -2.45. The lowest BCUT2D eigenvalue weighted by atomic mass is 10.2. The molecule has 2 aromatic rings. The van der Waals surface area contributed by atoms with Gasteiger partial charge in [-0.3, -0.25) is 15.6 Å². The first kappa shape index (κ1) is 16.7. The molecule has 0 aliphatic carbocycles. The van der Waals surface area contributed by atoms with Crippen molar-refractivity contribution in [3.05, 3.63) is 59.9 Å². The van der Waals surface area contributed by atoms with Crippen molar-refractivity contribution in [2.75, 3.05) is 11.9 Å². The fourth-order valence-corrected chi connectivity index (χ4v) is 1.90. The average Bonchev–Trinajstić information content (AvgIpc) is 2.53. The van der Waals surface area contributed by atoms with E-state index in [1.165, 1.54) is 18.2 Å². The molecule has 1 amide bonds. The molecule has 0 heterocycles. The summed E-state index contributed by atoms with van der Waals surface area (Å²) in [4.78, 5) is 11.6. The van der Waals surface area contributed by atoms with E-state index in [0.717, 1.165) is 11.3 Å². The number of hydrogen-bond donors (Lipinski definition) is 3. The molecule has 0 spiro atoms. The highest BCUT2D eigenvalue weighted by molar-refractivity contribution is 7.80. The molecule has 0 aliphatic heterocycles. The predicted octanol–water partition coefficient (Wildman–Crippen LogP) is 2.53. The van der Waals surface area contributed by atoms with Crippen LogP contribution in [0.1, 0.15) is 5.56 Å². The number of aryl methyl sites for hydroxylation is 1. The molecule has 3 N–H and O–H groups in total. The molecular weight excluding hydrogens is 317 g/mol. The number of nitrogens with one attached hydrogen (secondary N) is 3. The van der Waals surface area contributed by atoms with Gasteiger partial charge in [-0.15, -0.1) is 0 Å². The van der Waals surface area contributed by atoms with Gasteiger partial charge in [-0.25, -0.2) is 4.39 Å². The number of rotatable bonds is 4. The summed E-state index contributed by atoms with van der Waals surface area (Å²) in [5, 5.41) is 3.21. The smallest absolute Gasteiger partial charge is 0.276 e. The Labute approximate surface area is 138 Å². The Kier molecular flexibility index (Phi) is 5.87. The number of amides is 1. The highest BCUT2D eigenvalue weighted by atomic mass is 32.1. The van der Waals surface area contributed by atoms with Gasteiger partial charge in [-0.1, -0.05) is 24.3 Å². The van der Waals surface area contributed by atoms with E-state index in [0.29, 0.717) is 0 Å². The molecule has 120 valence electrons. The van der Waals surface area contributed by atoms with Crippen molar-refractivity contribution >= 4 is 28.9 Å². The molecule has 0 saturated carbocycles. The van der Waals surface area contributed by atoms with Gasteiger partial charge >= 0.3 is 0 Å². The van der Waals surface area contributed by atoms with Crippen LogP contribution in [0.5, 0.6) is 5.75 Å². The van der Waals surface area contributed by atoms with Gasteiger partial charge in [0.05, 0.1) is 0 Å². The van der Waals surface area contributed by atoms with Gasteiger partial charge in [-0.2, -0.15) is 0 Å². The summed E-state index contributed by atoms with van der Waals surface area (Å²) >= 11 is 5.08. The zero-order valence-corrected chi connectivity index (χ0v) is 13.2. The van der Waals surface area contributed by atoms with Crippen LogP contribution in [-0.4, -0.2) is 17.6 Å². The zero-order valence-electron chi connectivity index (χ0n) is 12.4. The Morgan fingerprint density at radius 2 is 1.96 bits per heavy atom. The maximum absolute atomic E-state index is 13.0. The number of ether oxygens (including phenoxy) is 1. The normalized spacial score (nSPS) is 9.83. The first-order valence-electron chi connectivity index (χ1n) is 6.84. The molecule has 0 atom stereocenters. The van der Waals surface area contributed by atoms with Gasteiger partial charge in [0.25, 0.3) is 5.91 Å². The van der Waals surface area contributed by atoms with E-state index in [1.54, 1.807) is 6.07 Å². The molecule has 5 nitrogen and oxygen atoms in total. The van der Waals surface area contributed by atoms with Crippen LogP contribution in [0.3, 0.4) is 0 Å². The fourth-order valence-electron chi connectivity index (χ4n) is 1.73. The number of para-hydroxylation sites is 1. The lowest BCUT2D eigenvalue weighted by molar-refractivity contribution is -0.123. The van der Waals surface area contributed by atoms with E-state index < -0.39 is 11.7 Å². The SMILES string of the molecule is Cc1ccccc1NC(=S)NNC(=O)COc1cccc(F)c1. The minimum Gasteiger partial charge on any atom is -0.484 e. The Hall–Kier alpha value is -2.67. The summed E-state index contributed by atoms with van der Waals surface area (Å²) in [6, 6.07) is 13.2. The first-order valence-corrected chi connectivity index (χ1v) is 7.25. The third kappa shape index (κ3) is 5.55. The summed E-state index contributed by atoms with van der Waals surface area (Å²) in [5.41, 5.74) is 6.84. The first-order chi connectivity index (χ1) is 11.0. The molecule has 0 aromatic heterocycles. The highest BCUT2D eigenvalue weighted by Gasteiger charge is 2.05. The summed E-state index contributed by atoms with van der Waals surface area (Å²) in [6.07, 6.45) is 0. The van der Waals surface area contributed by atoms with E-state index in [2.05, 4.69) is 16.2 Å². The minimum atomic E-state index is -0.441. The van der Waals surface area contributed by atoms with Crippen LogP contribution in [0.4, 0.5) is 10.1 Å². The van der Waals surface area contributed by atoms with Crippen molar-refractivity contribution in [3.63, 3.8) is 0 Å². The van der Waals surface area contributed by atoms with Crippen LogP contribution in [-0.2, 0) is 4.79 Å². The van der Waals surface area contributed by atoms with E-state index in [-0.39, 0.29) is 17.5 Å². The second-order valence-corrected chi connectivity index (χ2v) is 5.10. The standard InChI is InChI=1S/C16H16FN3O2S/c1-11-5-2-3-8-14(11)18-16(23)20-19-15(21)10-22-13-7-4-6-12(17)9-13/h2-9H,10H2,1H3,(H,19,21)(H2,18,20,23). The van der Waals surface area contributed by atoms with E-state index in [9.17, 15) is 9.18 Å².